The number of aryl methyl sites for hydroxylation is 2. The zero-order valence-electron chi connectivity index (χ0n) is 19.2. The van der Waals surface area contributed by atoms with Gasteiger partial charge in [0, 0.05) is 29.4 Å². The summed E-state index contributed by atoms with van der Waals surface area (Å²) in [5, 5.41) is 8.84. The predicted octanol–water partition coefficient (Wildman–Crippen LogP) is 3.93. The molecule has 3 rings (SSSR count). The molecular weight excluding hydrogens is 444 g/mol. The SMILES string of the molecule is CCN(CC)CCCNC(=O)CSc1nc2nc(C)c(Cc3ccccc3Cl)c(C)n2n1. The molecule has 2 aromatic heterocycles. The molecule has 1 N–H and O–H groups in total. The average Bonchev–Trinajstić information content (AvgIpc) is 3.19. The molecule has 9 heteroatoms. The number of aromatic nitrogens is 4. The minimum absolute atomic E-state index is 0.00586. The van der Waals surface area contributed by atoms with E-state index in [9.17, 15) is 4.79 Å². The Hall–Kier alpha value is -2.16. The van der Waals surface area contributed by atoms with E-state index in [1.165, 1.54) is 11.8 Å². The van der Waals surface area contributed by atoms with Crippen LogP contribution in [0.2, 0.25) is 5.02 Å². The van der Waals surface area contributed by atoms with Crippen LogP contribution in [0.3, 0.4) is 0 Å². The number of nitrogens with zero attached hydrogens (tertiary/aromatic N) is 5. The zero-order chi connectivity index (χ0) is 23.1. The summed E-state index contributed by atoms with van der Waals surface area (Å²) in [4.78, 5) is 23.7. The predicted molar refractivity (Wildman–Crippen MR) is 131 cm³/mol. The second kappa shape index (κ2) is 11.6. The first-order chi connectivity index (χ1) is 15.4. The standard InChI is InChI=1S/C23H31ClN6OS/c1-5-29(6-2)13-9-12-25-21(31)15-32-23-27-22-26-16(3)19(17(4)30(22)28-23)14-18-10-7-8-11-20(18)24/h7-8,10-11H,5-6,9,12-15H2,1-4H3,(H,25,31). The van der Waals surface area contributed by atoms with Crippen LogP contribution in [0.15, 0.2) is 29.4 Å². The Labute approximate surface area is 199 Å². The van der Waals surface area contributed by atoms with Gasteiger partial charge >= 0.3 is 0 Å². The van der Waals surface area contributed by atoms with E-state index < -0.39 is 0 Å². The molecule has 3 aromatic rings. The van der Waals surface area contributed by atoms with Crippen molar-refractivity contribution in [3.8, 4) is 0 Å². The van der Waals surface area contributed by atoms with Crippen LogP contribution in [0, 0.1) is 13.8 Å². The second-order valence-corrected chi connectivity index (χ2v) is 9.00. The van der Waals surface area contributed by atoms with Crippen LogP contribution in [-0.2, 0) is 11.2 Å². The number of nitrogens with one attached hydrogen (secondary N) is 1. The number of hydrogen-bond donors (Lipinski definition) is 1. The van der Waals surface area contributed by atoms with Crippen LogP contribution in [-0.4, -0.2) is 62.3 Å². The van der Waals surface area contributed by atoms with Crippen LogP contribution in [0.25, 0.3) is 5.78 Å². The molecule has 0 radical (unpaired) electrons. The number of benzene rings is 1. The highest BCUT2D eigenvalue weighted by Crippen LogP contribution is 2.23. The van der Waals surface area contributed by atoms with E-state index in [1.807, 2.05) is 38.1 Å². The van der Waals surface area contributed by atoms with Gasteiger partial charge in [-0.05, 0) is 57.1 Å². The minimum Gasteiger partial charge on any atom is -0.355 e. The van der Waals surface area contributed by atoms with Crippen molar-refractivity contribution < 1.29 is 4.79 Å². The molecular formula is C23H31ClN6OS. The third kappa shape index (κ3) is 6.21. The van der Waals surface area contributed by atoms with Crippen LogP contribution in [0.1, 0.15) is 42.8 Å². The highest BCUT2D eigenvalue weighted by atomic mass is 35.5. The molecule has 0 saturated heterocycles. The van der Waals surface area contributed by atoms with E-state index in [4.69, 9.17) is 11.6 Å². The van der Waals surface area contributed by atoms with E-state index in [1.54, 1.807) is 4.52 Å². The number of fused-ring (bicyclic) bond motifs is 1. The fraction of sp³-hybridized carbons (Fsp3) is 0.478. The summed E-state index contributed by atoms with van der Waals surface area (Å²) in [7, 11) is 0. The summed E-state index contributed by atoms with van der Waals surface area (Å²) in [6.07, 6.45) is 1.62. The highest BCUT2D eigenvalue weighted by Gasteiger charge is 2.16. The van der Waals surface area contributed by atoms with Crippen molar-refractivity contribution in [3.63, 3.8) is 0 Å². The molecule has 32 heavy (non-hydrogen) atoms. The highest BCUT2D eigenvalue weighted by molar-refractivity contribution is 7.99. The molecule has 7 nitrogen and oxygen atoms in total. The number of rotatable bonds is 11. The molecule has 1 aromatic carbocycles. The summed E-state index contributed by atoms with van der Waals surface area (Å²) >= 11 is 7.68. The van der Waals surface area contributed by atoms with Gasteiger partial charge < -0.3 is 10.2 Å². The topological polar surface area (TPSA) is 75.4 Å². The van der Waals surface area contributed by atoms with Gasteiger partial charge in [-0.15, -0.1) is 5.10 Å². The normalized spacial score (nSPS) is 11.4. The first-order valence-corrected chi connectivity index (χ1v) is 12.4. The number of hydrogen-bond acceptors (Lipinski definition) is 6. The summed E-state index contributed by atoms with van der Waals surface area (Å²) in [5.74, 6) is 0.825. The van der Waals surface area contributed by atoms with E-state index in [-0.39, 0.29) is 11.7 Å². The summed E-state index contributed by atoms with van der Waals surface area (Å²) < 4.78 is 1.75. The molecule has 0 fully saturated rings. The largest absolute Gasteiger partial charge is 0.355 e. The van der Waals surface area contributed by atoms with Gasteiger partial charge in [0.25, 0.3) is 5.78 Å². The maximum absolute atomic E-state index is 12.2. The number of carbonyl (C=O) groups excluding carboxylic acids is 1. The number of carbonyl (C=O) groups is 1. The summed E-state index contributed by atoms with van der Waals surface area (Å²) in [6.45, 7) is 12.0. The van der Waals surface area contributed by atoms with Crippen molar-refractivity contribution in [2.24, 2.45) is 0 Å². The third-order valence-corrected chi connectivity index (χ3v) is 6.76. The van der Waals surface area contributed by atoms with Gasteiger partial charge in [-0.25, -0.2) is 9.50 Å². The fourth-order valence-electron chi connectivity index (χ4n) is 3.59. The van der Waals surface area contributed by atoms with Crippen molar-refractivity contribution >= 4 is 35.0 Å². The van der Waals surface area contributed by atoms with E-state index >= 15 is 0 Å². The lowest BCUT2D eigenvalue weighted by Crippen LogP contribution is -2.30. The van der Waals surface area contributed by atoms with Crippen molar-refractivity contribution in [1.29, 1.82) is 0 Å². The Kier molecular flexibility index (Phi) is 8.90. The molecule has 0 atom stereocenters. The van der Waals surface area contributed by atoms with E-state index in [0.29, 0.717) is 23.9 Å². The first-order valence-electron chi connectivity index (χ1n) is 11.0. The van der Waals surface area contributed by atoms with Crippen LogP contribution < -0.4 is 5.32 Å². The molecule has 0 bridgehead atoms. The summed E-state index contributed by atoms with van der Waals surface area (Å²) in [5.41, 5.74) is 4.02. The van der Waals surface area contributed by atoms with E-state index in [2.05, 4.69) is 39.1 Å². The van der Waals surface area contributed by atoms with Gasteiger partial charge in [-0.3, -0.25) is 4.79 Å². The van der Waals surface area contributed by atoms with Gasteiger partial charge in [0.05, 0.1) is 5.75 Å². The third-order valence-electron chi connectivity index (χ3n) is 5.55. The maximum atomic E-state index is 12.2. The molecule has 1 amide bonds. The monoisotopic (exact) mass is 474 g/mol. The molecule has 172 valence electrons. The second-order valence-electron chi connectivity index (χ2n) is 7.65. The molecule has 0 aliphatic rings. The van der Waals surface area contributed by atoms with Gasteiger partial charge in [-0.2, -0.15) is 4.98 Å². The number of thioether (sulfide) groups is 1. The Morgan fingerprint density at radius 3 is 2.66 bits per heavy atom. The Balaban J connectivity index is 1.61. The van der Waals surface area contributed by atoms with Crippen molar-refractivity contribution in [3.05, 3.63) is 51.8 Å². The first kappa shape index (κ1) is 24.5. The van der Waals surface area contributed by atoms with Crippen LogP contribution in [0.4, 0.5) is 0 Å². The Morgan fingerprint density at radius 2 is 1.94 bits per heavy atom. The molecule has 0 saturated carbocycles. The molecule has 0 aliphatic heterocycles. The lowest BCUT2D eigenvalue weighted by Gasteiger charge is -2.17. The lowest BCUT2D eigenvalue weighted by atomic mass is 10.0. The van der Waals surface area contributed by atoms with Gasteiger partial charge in [0.1, 0.15) is 0 Å². The van der Waals surface area contributed by atoms with Gasteiger partial charge in [0.15, 0.2) is 0 Å². The Morgan fingerprint density at radius 1 is 1.19 bits per heavy atom. The van der Waals surface area contributed by atoms with E-state index in [0.717, 1.165) is 53.6 Å². The maximum Gasteiger partial charge on any atom is 0.253 e. The zero-order valence-corrected chi connectivity index (χ0v) is 20.8. The molecule has 0 spiro atoms. The molecule has 2 heterocycles. The lowest BCUT2D eigenvalue weighted by molar-refractivity contribution is -0.118. The minimum atomic E-state index is -0.00586. The quantitative estimate of drug-likeness (QED) is 0.335. The van der Waals surface area contributed by atoms with Crippen molar-refractivity contribution in [2.75, 3.05) is 31.9 Å². The summed E-state index contributed by atoms with van der Waals surface area (Å²) in [6, 6.07) is 7.83. The number of halogens is 1. The Bertz CT molecular complexity index is 1070. The van der Waals surface area contributed by atoms with Crippen molar-refractivity contribution in [2.45, 2.75) is 45.7 Å². The van der Waals surface area contributed by atoms with Crippen LogP contribution in [0.5, 0.6) is 0 Å². The van der Waals surface area contributed by atoms with Gasteiger partial charge in [0.2, 0.25) is 11.1 Å². The molecule has 0 aliphatic carbocycles. The van der Waals surface area contributed by atoms with Crippen LogP contribution >= 0.6 is 23.4 Å². The van der Waals surface area contributed by atoms with Crippen molar-refractivity contribution in [1.82, 2.24) is 29.8 Å². The average molecular weight is 475 g/mol. The number of amides is 1. The smallest absolute Gasteiger partial charge is 0.253 e. The van der Waals surface area contributed by atoms with Gasteiger partial charge in [-0.1, -0.05) is 55.4 Å². The fourth-order valence-corrected chi connectivity index (χ4v) is 4.44. The molecule has 0 unspecified atom stereocenters.